The zero-order valence-electron chi connectivity index (χ0n) is 9.69. The van der Waals surface area contributed by atoms with E-state index in [1.807, 2.05) is 35.7 Å². The van der Waals surface area contributed by atoms with E-state index in [1.54, 1.807) is 11.3 Å². The molecule has 0 atom stereocenters. The van der Waals surface area contributed by atoms with E-state index in [0.29, 0.717) is 12.1 Å². The van der Waals surface area contributed by atoms with Gasteiger partial charge in [-0.25, -0.2) is 4.39 Å². The molecule has 1 aromatic heterocycles. The standard InChI is InChI=1S/C15H12FNS/c16-14-8-10(9-17)4-5-12(14)13-3-1-2-11-6-7-18-15(11)13/h1-8H,9,17H2. The van der Waals surface area contributed by atoms with Crippen LogP contribution in [0.1, 0.15) is 5.56 Å². The van der Waals surface area contributed by atoms with Gasteiger partial charge in [0.1, 0.15) is 5.82 Å². The molecule has 0 saturated heterocycles. The first-order valence-corrected chi connectivity index (χ1v) is 6.62. The lowest BCUT2D eigenvalue weighted by atomic mass is 10.0. The van der Waals surface area contributed by atoms with Crippen LogP contribution in [-0.2, 0) is 6.54 Å². The highest BCUT2D eigenvalue weighted by molar-refractivity contribution is 7.17. The van der Waals surface area contributed by atoms with Crippen LogP contribution in [-0.4, -0.2) is 0 Å². The second-order valence-electron chi connectivity index (χ2n) is 4.16. The van der Waals surface area contributed by atoms with Crippen molar-refractivity contribution in [3.8, 4) is 11.1 Å². The average Bonchev–Trinajstić information content (AvgIpc) is 2.87. The minimum atomic E-state index is -0.209. The smallest absolute Gasteiger partial charge is 0.131 e. The first-order chi connectivity index (χ1) is 8.79. The van der Waals surface area contributed by atoms with E-state index < -0.39 is 0 Å². The summed E-state index contributed by atoms with van der Waals surface area (Å²) in [5.41, 5.74) is 7.92. The van der Waals surface area contributed by atoms with E-state index in [2.05, 4.69) is 6.07 Å². The highest BCUT2D eigenvalue weighted by Crippen LogP contribution is 2.34. The van der Waals surface area contributed by atoms with Gasteiger partial charge in [0.25, 0.3) is 0 Å². The van der Waals surface area contributed by atoms with E-state index in [-0.39, 0.29) is 5.82 Å². The molecule has 0 unspecified atom stereocenters. The van der Waals surface area contributed by atoms with Gasteiger partial charge in [-0.05, 0) is 28.5 Å². The fraction of sp³-hybridized carbons (Fsp3) is 0.0667. The van der Waals surface area contributed by atoms with Crippen molar-refractivity contribution in [2.24, 2.45) is 5.73 Å². The summed E-state index contributed by atoms with van der Waals surface area (Å²) in [6, 6.07) is 13.2. The lowest BCUT2D eigenvalue weighted by molar-refractivity contribution is 0.629. The summed E-state index contributed by atoms with van der Waals surface area (Å²) < 4.78 is 15.2. The number of hydrogen-bond donors (Lipinski definition) is 1. The lowest BCUT2D eigenvalue weighted by Gasteiger charge is -2.06. The van der Waals surface area contributed by atoms with Crippen LogP contribution in [0.25, 0.3) is 21.2 Å². The molecule has 0 spiro atoms. The van der Waals surface area contributed by atoms with Crippen LogP contribution in [0.15, 0.2) is 47.8 Å². The van der Waals surface area contributed by atoms with Crippen molar-refractivity contribution in [3.05, 3.63) is 59.2 Å². The Kier molecular flexibility index (Phi) is 2.86. The molecule has 3 rings (SSSR count). The lowest BCUT2D eigenvalue weighted by Crippen LogP contribution is -1.97. The number of hydrogen-bond acceptors (Lipinski definition) is 2. The SMILES string of the molecule is NCc1ccc(-c2cccc3ccsc23)c(F)c1. The number of rotatable bonds is 2. The quantitative estimate of drug-likeness (QED) is 0.732. The summed E-state index contributed by atoms with van der Waals surface area (Å²) >= 11 is 1.64. The molecule has 0 bridgehead atoms. The summed E-state index contributed by atoms with van der Waals surface area (Å²) in [6.07, 6.45) is 0. The Balaban J connectivity index is 2.23. The van der Waals surface area contributed by atoms with Crippen molar-refractivity contribution in [3.63, 3.8) is 0 Å². The van der Waals surface area contributed by atoms with Crippen LogP contribution in [0, 0.1) is 5.82 Å². The largest absolute Gasteiger partial charge is 0.326 e. The van der Waals surface area contributed by atoms with Crippen molar-refractivity contribution in [1.29, 1.82) is 0 Å². The Morgan fingerprint density at radius 1 is 1.06 bits per heavy atom. The molecule has 0 aliphatic carbocycles. The summed E-state index contributed by atoms with van der Waals surface area (Å²) in [4.78, 5) is 0. The van der Waals surface area contributed by atoms with Crippen molar-refractivity contribution in [2.75, 3.05) is 0 Å². The van der Waals surface area contributed by atoms with Gasteiger partial charge in [0.05, 0.1) is 0 Å². The van der Waals surface area contributed by atoms with Gasteiger partial charge in [0.2, 0.25) is 0 Å². The molecule has 90 valence electrons. The summed E-state index contributed by atoms with van der Waals surface area (Å²) in [5.74, 6) is -0.209. The van der Waals surface area contributed by atoms with Gasteiger partial charge in [-0.15, -0.1) is 11.3 Å². The molecular formula is C15H12FNS. The maximum absolute atomic E-state index is 14.1. The summed E-state index contributed by atoms with van der Waals surface area (Å²) in [6.45, 7) is 0.362. The first kappa shape index (κ1) is 11.4. The third-order valence-electron chi connectivity index (χ3n) is 3.04. The highest BCUT2D eigenvalue weighted by Gasteiger charge is 2.09. The third kappa shape index (κ3) is 1.82. The maximum Gasteiger partial charge on any atom is 0.131 e. The van der Waals surface area contributed by atoms with E-state index in [0.717, 1.165) is 21.2 Å². The molecule has 0 aliphatic heterocycles. The molecule has 1 nitrogen and oxygen atoms in total. The fourth-order valence-electron chi connectivity index (χ4n) is 2.11. The highest BCUT2D eigenvalue weighted by atomic mass is 32.1. The zero-order valence-corrected chi connectivity index (χ0v) is 10.5. The van der Waals surface area contributed by atoms with Crippen LogP contribution in [0.3, 0.4) is 0 Å². The Bertz CT molecular complexity index is 703. The van der Waals surface area contributed by atoms with Gasteiger partial charge in [-0.3, -0.25) is 0 Å². The number of halogens is 1. The van der Waals surface area contributed by atoms with Crippen molar-refractivity contribution < 1.29 is 4.39 Å². The second kappa shape index (κ2) is 4.52. The summed E-state index contributed by atoms with van der Waals surface area (Å²) in [5, 5.41) is 3.18. The monoisotopic (exact) mass is 257 g/mol. The number of nitrogens with two attached hydrogens (primary N) is 1. The van der Waals surface area contributed by atoms with Crippen LogP contribution < -0.4 is 5.73 Å². The van der Waals surface area contributed by atoms with Crippen LogP contribution in [0.4, 0.5) is 4.39 Å². The van der Waals surface area contributed by atoms with Gasteiger partial charge in [0.15, 0.2) is 0 Å². The molecule has 2 N–H and O–H groups in total. The van der Waals surface area contributed by atoms with Crippen LogP contribution in [0.2, 0.25) is 0 Å². The molecule has 0 radical (unpaired) electrons. The minimum Gasteiger partial charge on any atom is -0.326 e. The maximum atomic E-state index is 14.1. The topological polar surface area (TPSA) is 26.0 Å². The molecular weight excluding hydrogens is 245 g/mol. The van der Waals surface area contributed by atoms with Gasteiger partial charge in [0, 0.05) is 22.4 Å². The molecule has 0 saturated carbocycles. The molecule has 2 aromatic carbocycles. The number of benzene rings is 2. The Morgan fingerprint density at radius 3 is 2.72 bits per heavy atom. The Morgan fingerprint density at radius 2 is 1.94 bits per heavy atom. The molecule has 1 heterocycles. The predicted molar refractivity (Wildman–Crippen MR) is 75.1 cm³/mol. The third-order valence-corrected chi connectivity index (χ3v) is 4.00. The normalized spacial score (nSPS) is 11.0. The fourth-order valence-corrected chi connectivity index (χ4v) is 3.04. The molecule has 3 heteroatoms. The minimum absolute atomic E-state index is 0.209. The molecule has 0 amide bonds. The number of thiophene rings is 1. The molecule has 0 fully saturated rings. The van der Waals surface area contributed by atoms with Gasteiger partial charge >= 0.3 is 0 Å². The van der Waals surface area contributed by atoms with Crippen molar-refractivity contribution in [1.82, 2.24) is 0 Å². The van der Waals surface area contributed by atoms with E-state index in [9.17, 15) is 4.39 Å². The van der Waals surface area contributed by atoms with E-state index >= 15 is 0 Å². The number of fused-ring (bicyclic) bond motifs is 1. The van der Waals surface area contributed by atoms with Crippen LogP contribution >= 0.6 is 11.3 Å². The van der Waals surface area contributed by atoms with Gasteiger partial charge < -0.3 is 5.73 Å². The first-order valence-electron chi connectivity index (χ1n) is 5.74. The van der Waals surface area contributed by atoms with Gasteiger partial charge in [-0.2, -0.15) is 0 Å². The van der Waals surface area contributed by atoms with Gasteiger partial charge in [-0.1, -0.05) is 30.3 Å². The van der Waals surface area contributed by atoms with E-state index in [4.69, 9.17) is 5.73 Å². The Hall–Kier alpha value is -1.71. The molecule has 18 heavy (non-hydrogen) atoms. The average molecular weight is 257 g/mol. The zero-order chi connectivity index (χ0) is 12.5. The van der Waals surface area contributed by atoms with Crippen LogP contribution in [0.5, 0.6) is 0 Å². The second-order valence-corrected chi connectivity index (χ2v) is 5.08. The molecule has 3 aromatic rings. The van der Waals surface area contributed by atoms with Crippen molar-refractivity contribution in [2.45, 2.75) is 6.54 Å². The van der Waals surface area contributed by atoms with Crippen molar-refractivity contribution >= 4 is 21.4 Å². The molecule has 0 aliphatic rings. The Labute approximate surface area is 109 Å². The summed E-state index contributed by atoms with van der Waals surface area (Å²) in [7, 11) is 0. The van der Waals surface area contributed by atoms with E-state index in [1.165, 1.54) is 6.07 Å². The predicted octanol–water partition coefficient (Wildman–Crippen LogP) is 4.17.